The number of carbonyl (C=O) groups is 3. The van der Waals surface area contributed by atoms with E-state index in [9.17, 15) is 14.4 Å². The van der Waals surface area contributed by atoms with Gasteiger partial charge >= 0.3 is 0 Å². The summed E-state index contributed by atoms with van der Waals surface area (Å²) in [6.45, 7) is 1.41. The van der Waals surface area contributed by atoms with Crippen molar-refractivity contribution in [3.63, 3.8) is 0 Å². The van der Waals surface area contributed by atoms with Crippen molar-refractivity contribution in [3.05, 3.63) is 24.3 Å². The van der Waals surface area contributed by atoms with Crippen molar-refractivity contribution in [2.75, 3.05) is 10.6 Å². The molecule has 1 aromatic rings. The lowest BCUT2D eigenvalue weighted by molar-refractivity contribution is -0.121. The number of rotatable bonds is 4. The first-order valence-corrected chi connectivity index (χ1v) is 7.78. The maximum absolute atomic E-state index is 12.0. The van der Waals surface area contributed by atoms with Gasteiger partial charge in [-0.15, -0.1) is 0 Å². The molecule has 0 bridgehead atoms. The van der Waals surface area contributed by atoms with E-state index < -0.39 is 11.2 Å². The molecular formula is C14H16N6O3S. The van der Waals surface area contributed by atoms with E-state index in [-0.39, 0.29) is 29.4 Å². The van der Waals surface area contributed by atoms with E-state index in [0.29, 0.717) is 11.4 Å². The van der Waals surface area contributed by atoms with Gasteiger partial charge < -0.3 is 22.1 Å². The second-order valence-corrected chi connectivity index (χ2v) is 6.06. The third-order valence-electron chi connectivity index (χ3n) is 2.81. The summed E-state index contributed by atoms with van der Waals surface area (Å²) >= 11 is 1.04. The van der Waals surface area contributed by atoms with Crippen molar-refractivity contribution in [3.8, 4) is 0 Å². The van der Waals surface area contributed by atoms with Crippen molar-refractivity contribution in [2.45, 2.75) is 18.6 Å². The number of nitrogens with two attached hydrogens (primary N) is 2. The van der Waals surface area contributed by atoms with E-state index in [1.807, 2.05) is 0 Å². The van der Waals surface area contributed by atoms with Crippen molar-refractivity contribution in [1.82, 2.24) is 0 Å². The second-order valence-electron chi connectivity index (χ2n) is 4.89. The maximum Gasteiger partial charge on any atom is 0.262 e. The first kappa shape index (κ1) is 17.5. The highest BCUT2D eigenvalue weighted by atomic mass is 32.2. The predicted octanol–water partition coefficient (Wildman–Crippen LogP) is 0.245. The molecule has 0 aliphatic carbocycles. The minimum Gasteiger partial charge on any atom is -0.370 e. The Labute approximate surface area is 142 Å². The Kier molecular flexibility index (Phi) is 5.53. The number of thioether (sulfide) groups is 1. The highest BCUT2D eigenvalue weighted by Crippen LogP contribution is 2.26. The van der Waals surface area contributed by atoms with Crippen molar-refractivity contribution >= 4 is 52.0 Å². The van der Waals surface area contributed by atoms with Gasteiger partial charge in [-0.05, 0) is 24.3 Å². The van der Waals surface area contributed by atoms with Crippen LogP contribution in [-0.2, 0) is 14.4 Å². The fourth-order valence-electron chi connectivity index (χ4n) is 1.88. The van der Waals surface area contributed by atoms with Gasteiger partial charge in [0.15, 0.2) is 11.1 Å². The Balaban J connectivity index is 1.89. The van der Waals surface area contributed by atoms with Crippen LogP contribution in [0.15, 0.2) is 34.3 Å². The summed E-state index contributed by atoms with van der Waals surface area (Å²) in [6, 6.07) is 6.61. The molecule has 0 unspecified atom stereocenters. The van der Waals surface area contributed by atoms with E-state index in [1.165, 1.54) is 6.92 Å². The van der Waals surface area contributed by atoms with E-state index in [1.54, 1.807) is 24.3 Å². The molecule has 9 nitrogen and oxygen atoms in total. The summed E-state index contributed by atoms with van der Waals surface area (Å²) < 4.78 is 0. The van der Waals surface area contributed by atoms with Gasteiger partial charge in [-0.2, -0.15) is 9.98 Å². The van der Waals surface area contributed by atoms with Crippen LogP contribution in [0.2, 0.25) is 0 Å². The number of anilines is 2. The van der Waals surface area contributed by atoms with Crippen LogP contribution in [0.1, 0.15) is 13.3 Å². The van der Waals surface area contributed by atoms with Gasteiger partial charge in [-0.3, -0.25) is 14.4 Å². The lowest BCUT2D eigenvalue weighted by atomic mass is 10.2. The molecule has 0 fully saturated rings. The molecule has 0 saturated carbocycles. The standard InChI is InChI=1S/C14H16N6O3S/c1-7(21)17-8-2-4-9(5-3-8)18-11(22)6-10-12(23)19-14(24-10)20-13(15)16/h2-5,10H,6H2,1H3,(H,17,21)(H,18,22)(H4,15,16,19,20,23)/t10-/m1/s1. The summed E-state index contributed by atoms with van der Waals surface area (Å²) in [5, 5.41) is 4.79. The topological polar surface area (TPSA) is 152 Å². The average molecular weight is 348 g/mol. The Morgan fingerprint density at radius 1 is 1.21 bits per heavy atom. The van der Waals surface area contributed by atoms with Crippen LogP contribution in [0, 0.1) is 0 Å². The lowest BCUT2D eigenvalue weighted by Crippen LogP contribution is -2.23. The first-order valence-electron chi connectivity index (χ1n) is 6.90. The van der Waals surface area contributed by atoms with Crippen LogP contribution < -0.4 is 22.1 Å². The Morgan fingerprint density at radius 2 is 1.79 bits per heavy atom. The number of amides is 3. The number of guanidine groups is 1. The number of hydrogen-bond acceptors (Lipinski definition) is 5. The van der Waals surface area contributed by atoms with Crippen LogP contribution >= 0.6 is 11.8 Å². The first-order chi connectivity index (χ1) is 11.3. The average Bonchev–Trinajstić information content (AvgIpc) is 2.79. The Hall–Kier alpha value is -2.88. The molecule has 1 aliphatic rings. The zero-order valence-electron chi connectivity index (χ0n) is 12.8. The van der Waals surface area contributed by atoms with Gasteiger partial charge in [-0.1, -0.05) is 11.8 Å². The summed E-state index contributed by atoms with van der Waals surface area (Å²) in [6.07, 6.45) is -0.0516. The summed E-state index contributed by atoms with van der Waals surface area (Å²) in [5.41, 5.74) is 11.6. The van der Waals surface area contributed by atoms with E-state index >= 15 is 0 Å². The van der Waals surface area contributed by atoms with Gasteiger partial charge in [0.1, 0.15) is 5.25 Å². The van der Waals surface area contributed by atoms with Crippen LogP contribution in [0.4, 0.5) is 11.4 Å². The fraction of sp³-hybridized carbons (Fsp3) is 0.214. The molecule has 3 amide bonds. The third kappa shape index (κ3) is 5.09. The molecule has 24 heavy (non-hydrogen) atoms. The summed E-state index contributed by atoms with van der Waals surface area (Å²) in [4.78, 5) is 42.1. The second kappa shape index (κ2) is 7.59. The molecule has 0 radical (unpaired) electrons. The molecule has 126 valence electrons. The number of nitrogens with zero attached hydrogens (tertiary/aromatic N) is 2. The maximum atomic E-state index is 12.0. The Bertz CT molecular complexity index is 725. The molecule has 1 aromatic carbocycles. The predicted molar refractivity (Wildman–Crippen MR) is 93.6 cm³/mol. The van der Waals surface area contributed by atoms with Gasteiger partial charge in [0.2, 0.25) is 11.8 Å². The molecule has 6 N–H and O–H groups in total. The van der Waals surface area contributed by atoms with Crippen molar-refractivity contribution in [1.29, 1.82) is 0 Å². The molecular weight excluding hydrogens is 332 g/mol. The SMILES string of the molecule is CC(=O)Nc1ccc(NC(=O)C[C@H]2SC(N=C(N)N)=NC2=O)cc1. The van der Waals surface area contributed by atoms with Gasteiger partial charge in [-0.25, -0.2) is 0 Å². The van der Waals surface area contributed by atoms with Crippen LogP contribution in [0.3, 0.4) is 0 Å². The van der Waals surface area contributed by atoms with Crippen LogP contribution in [-0.4, -0.2) is 34.1 Å². The van der Waals surface area contributed by atoms with Crippen LogP contribution in [0.25, 0.3) is 0 Å². The fourth-order valence-corrected chi connectivity index (χ4v) is 2.83. The zero-order valence-corrected chi connectivity index (χ0v) is 13.6. The van der Waals surface area contributed by atoms with Gasteiger partial charge in [0, 0.05) is 24.7 Å². The third-order valence-corrected chi connectivity index (χ3v) is 3.86. The number of benzene rings is 1. The number of carbonyl (C=O) groups excluding carboxylic acids is 3. The summed E-state index contributed by atoms with van der Waals surface area (Å²) in [5.74, 6) is -1.16. The molecule has 10 heteroatoms. The van der Waals surface area contributed by atoms with E-state index in [0.717, 1.165) is 11.8 Å². The minimum absolute atomic E-state index is 0.0516. The summed E-state index contributed by atoms with van der Waals surface area (Å²) in [7, 11) is 0. The number of aliphatic imine (C=N–C) groups is 2. The Morgan fingerprint density at radius 3 is 2.33 bits per heavy atom. The minimum atomic E-state index is -0.651. The lowest BCUT2D eigenvalue weighted by Gasteiger charge is -2.09. The van der Waals surface area contributed by atoms with E-state index in [4.69, 9.17) is 11.5 Å². The van der Waals surface area contributed by atoms with Gasteiger partial charge in [0.05, 0.1) is 0 Å². The molecule has 1 atom stereocenters. The number of nitrogens with one attached hydrogen (secondary N) is 2. The molecule has 0 spiro atoms. The normalized spacial score (nSPS) is 16.3. The molecule has 2 rings (SSSR count). The molecule has 0 aromatic heterocycles. The smallest absolute Gasteiger partial charge is 0.262 e. The monoisotopic (exact) mass is 348 g/mol. The molecule has 1 heterocycles. The number of amidine groups is 1. The molecule has 0 saturated heterocycles. The number of hydrogen-bond donors (Lipinski definition) is 4. The largest absolute Gasteiger partial charge is 0.370 e. The van der Waals surface area contributed by atoms with Crippen molar-refractivity contribution in [2.24, 2.45) is 21.5 Å². The van der Waals surface area contributed by atoms with Crippen molar-refractivity contribution < 1.29 is 14.4 Å². The van der Waals surface area contributed by atoms with E-state index in [2.05, 4.69) is 20.6 Å². The zero-order chi connectivity index (χ0) is 17.7. The highest BCUT2D eigenvalue weighted by molar-refractivity contribution is 8.15. The quantitative estimate of drug-likeness (QED) is 0.452. The van der Waals surface area contributed by atoms with Crippen LogP contribution in [0.5, 0.6) is 0 Å². The highest BCUT2D eigenvalue weighted by Gasteiger charge is 2.30. The van der Waals surface area contributed by atoms with Gasteiger partial charge in [0.25, 0.3) is 5.91 Å². The molecule has 1 aliphatic heterocycles.